The van der Waals surface area contributed by atoms with Gasteiger partial charge in [-0.1, -0.05) is 36.4 Å². The van der Waals surface area contributed by atoms with Gasteiger partial charge in [0, 0.05) is 27.9 Å². The van der Waals surface area contributed by atoms with Crippen LogP contribution in [0.2, 0.25) is 0 Å². The molecule has 0 aliphatic heterocycles. The van der Waals surface area contributed by atoms with Gasteiger partial charge in [0.15, 0.2) is 11.6 Å². The van der Waals surface area contributed by atoms with E-state index in [9.17, 15) is 27.9 Å². The van der Waals surface area contributed by atoms with Crippen LogP contribution in [0.4, 0.5) is 5.69 Å². The fourth-order valence-electron chi connectivity index (χ4n) is 3.17. The Morgan fingerprint density at radius 1 is 0.759 bits per heavy atom. The van der Waals surface area contributed by atoms with E-state index < -0.39 is 21.8 Å². The molecule has 1 aliphatic carbocycles. The first-order chi connectivity index (χ1) is 13.8. The molecule has 0 radical (unpaired) electrons. The van der Waals surface area contributed by atoms with Crippen LogP contribution in [0.1, 0.15) is 42.2 Å². The quantitative estimate of drug-likeness (QED) is 0.550. The van der Waals surface area contributed by atoms with Gasteiger partial charge in [0.1, 0.15) is 0 Å². The Morgan fingerprint density at radius 2 is 1.38 bits per heavy atom. The fourth-order valence-corrected chi connectivity index (χ4v) is 4.24. The highest BCUT2D eigenvalue weighted by atomic mass is 32.2. The molecule has 0 spiro atoms. The number of benzene rings is 3. The predicted molar refractivity (Wildman–Crippen MR) is 101 cm³/mol. The Balaban J connectivity index is 1.74. The van der Waals surface area contributed by atoms with Crippen molar-refractivity contribution in [2.45, 2.75) is 4.90 Å². The monoisotopic (exact) mass is 406 g/mol. The van der Waals surface area contributed by atoms with Gasteiger partial charge in [-0.05, 0) is 35.9 Å². The second-order valence-electron chi connectivity index (χ2n) is 6.38. The molecule has 1 aliphatic rings. The molecule has 3 aromatic carbocycles. The molecular formula is C21H12NO6S-. The van der Waals surface area contributed by atoms with Crippen molar-refractivity contribution in [2.75, 3.05) is 4.72 Å². The van der Waals surface area contributed by atoms with Crippen LogP contribution in [0.25, 0.3) is 0 Å². The van der Waals surface area contributed by atoms with Gasteiger partial charge < -0.3 is 9.90 Å². The van der Waals surface area contributed by atoms with E-state index in [1.54, 1.807) is 18.2 Å². The van der Waals surface area contributed by atoms with Gasteiger partial charge in [-0.2, -0.15) is 0 Å². The molecule has 29 heavy (non-hydrogen) atoms. The van der Waals surface area contributed by atoms with Gasteiger partial charge in [0.2, 0.25) is 0 Å². The summed E-state index contributed by atoms with van der Waals surface area (Å²) in [6.07, 6.45) is 0. The number of carboxylic acids is 1. The molecule has 0 unspecified atom stereocenters. The maximum Gasteiger partial charge on any atom is 0.261 e. The zero-order chi connectivity index (χ0) is 20.8. The Hall–Kier alpha value is -3.78. The summed E-state index contributed by atoms with van der Waals surface area (Å²) in [4.78, 5) is 36.1. The average molecular weight is 406 g/mol. The van der Waals surface area contributed by atoms with E-state index in [-0.39, 0.29) is 44.2 Å². The van der Waals surface area contributed by atoms with Crippen molar-refractivity contribution < 1.29 is 27.9 Å². The summed E-state index contributed by atoms with van der Waals surface area (Å²) in [5, 5.41) is 11.0. The maximum absolute atomic E-state index is 12.8. The van der Waals surface area contributed by atoms with Gasteiger partial charge in [-0.15, -0.1) is 0 Å². The van der Waals surface area contributed by atoms with E-state index in [2.05, 4.69) is 4.72 Å². The third kappa shape index (κ3) is 3.19. The Kier molecular flexibility index (Phi) is 4.28. The molecular weight excluding hydrogens is 394 g/mol. The van der Waals surface area contributed by atoms with Crippen molar-refractivity contribution in [1.29, 1.82) is 0 Å². The molecule has 0 atom stereocenters. The van der Waals surface area contributed by atoms with Gasteiger partial charge in [-0.25, -0.2) is 8.42 Å². The van der Waals surface area contributed by atoms with Gasteiger partial charge in [0.25, 0.3) is 10.0 Å². The largest absolute Gasteiger partial charge is 0.545 e. The smallest absolute Gasteiger partial charge is 0.261 e. The average Bonchev–Trinajstić information content (AvgIpc) is 2.71. The lowest BCUT2D eigenvalue weighted by molar-refractivity contribution is -0.255. The number of ketones is 2. The fraction of sp³-hybridized carbons (Fsp3) is 0. The van der Waals surface area contributed by atoms with Crippen LogP contribution < -0.4 is 9.83 Å². The first-order valence-electron chi connectivity index (χ1n) is 8.44. The summed E-state index contributed by atoms with van der Waals surface area (Å²) in [6.45, 7) is 0. The molecule has 144 valence electrons. The number of rotatable bonds is 4. The number of sulfonamides is 1. The number of carbonyl (C=O) groups is 3. The summed E-state index contributed by atoms with van der Waals surface area (Å²) in [5.74, 6) is -2.23. The van der Waals surface area contributed by atoms with Crippen LogP contribution in [0.3, 0.4) is 0 Å². The van der Waals surface area contributed by atoms with E-state index in [0.717, 1.165) is 12.1 Å². The highest BCUT2D eigenvalue weighted by molar-refractivity contribution is 7.92. The third-order valence-electron chi connectivity index (χ3n) is 4.56. The molecule has 0 saturated carbocycles. The topological polar surface area (TPSA) is 120 Å². The molecule has 0 saturated heterocycles. The molecule has 7 nitrogen and oxygen atoms in total. The summed E-state index contributed by atoms with van der Waals surface area (Å²) >= 11 is 0. The summed E-state index contributed by atoms with van der Waals surface area (Å²) in [7, 11) is -4.13. The predicted octanol–water partition coefficient (Wildman–Crippen LogP) is 1.63. The minimum atomic E-state index is -4.13. The van der Waals surface area contributed by atoms with E-state index in [0.29, 0.717) is 0 Å². The molecule has 0 amide bonds. The van der Waals surface area contributed by atoms with Crippen molar-refractivity contribution in [2.24, 2.45) is 0 Å². The third-order valence-corrected chi connectivity index (χ3v) is 5.94. The Bertz CT molecular complexity index is 1310. The lowest BCUT2D eigenvalue weighted by Crippen LogP contribution is -2.23. The maximum atomic E-state index is 12.8. The number of carboxylic acid groups (broad SMARTS) is 1. The number of aromatic carboxylic acids is 1. The molecule has 0 fully saturated rings. The minimum absolute atomic E-state index is 0.0000571. The van der Waals surface area contributed by atoms with E-state index in [1.165, 1.54) is 36.4 Å². The van der Waals surface area contributed by atoms with Crippen LogP contribution in [-0.4, -0.2) is 26.0 Å². The van der Waals surface area contributed by atoms with Gasteiger partial charge in [-0.3, -0.25) is 14.3 Å². The normalized spacial score (nSPS) is 12.8. The van der Waals surface area contributed by atoms with Crippen molar-refractivity contribution in [3.05, 3.63) is 94.5 Å². The number of anilines is 1. The lowest BCUT2D eigenvalue weighted by Gasteiger charge is -2.18. The van der Waals surface area contributed by atoms with E-state index in [1.807, 2.05) is 0 Å². The molecule has 0 heterocycles. The molecule has 0 aromatic heterocycles. The number of fused-ring (bicyclic) bond motifs is 2. The highest BCUT2D eigenvalue weighted by Crippen LogP contribution is 2.29. The van der Waals surface area contributed by atoms with Crippen molar-refractivity contribution in [3.8, 4) is 0 Å². The highest BCUT2D eigenvalue weighted by Gasteiger charge is 2.30. The molecule has 4 rings (SSSR count). The Morgan fingerprint density at radius 3 is 2.03 bits per heavy atom. The number of carbonyl (C=O) groups excluding carboxylic acids is 3. The first kappa shape index (κ1) is 18.6. The number of nitrogens with one attached hydrogen (secondary N) is 1. The minimum Gasteiger partial charge on any atom is -0.545 e. The zero-order valence-corrected chi connectivity index (χ0v) is 15.5. The number of hydrogen-bond donors (Lipinski definition) is 1. The van der Waals surface area contributed by atoms with Crippen LogP contribution in [-0.2, 0) is 10.0 Å². The lowest BCUT2D eigenvalue weighted by atomic mass is 9.84. The van der Waals surface area contributed by atoms with Gasteiger partial charge >= 0.3 is 0 Å². The SMILES string of the molecule is O=C([O-])c1cccc(NS(=O)(=O)c2ccc3c(c2)C(=O)c2ccccc2C3=O)c1. The molecule has 8 heteroatoms. The second-order valence-corrected chi connectivity index (χ2v) is 8.07. The van der Waals surface area contributed by atoms with Gasteiger partial charge in [0.05, 0.1) is 10.9 Å². The van der Waals surface area contributed by atoms with Crippen LogP contribution in [0.15, 0.2) is 71.6 Å². The summed E-state index contributed by atoms with van der Waals surface area (Å²) in [6, 6.07) is 15.2. The van der Waals surface area contributed by atoms with E-state index >= 15 is 0 Å². The first-order valence-corrected chi connectivity index (χ1v) is 9.93. The van der Waals surface area contributed by atoms with Crippen LogP contribution in [0.5, 0.6) is 0 Å². The van der Waals surface area contributed by atoms with Crippen molar-refractivity contribution >= 4 is 33.2 Å². The summed E-state index contributed by atoms with van der Waals surface area (Å²) in [5.41, 5.74) is 0.462. The van der Waals surface area contributed by atoms with Crippen molar-refractivity contribution in [3.63, 3.8) is 0 Å². The molecule has 3 aromatic rings. The van der Waals surface area contributed by atoms with Crippen LogP contribution in [0, 0.1) is 0 Å². The summed E-state index contributed by atoms with van der Waals surface area (Å²) < 4.78 is 27.7. The second kappa shape index (κ2) is 6.68. The van der Waals surface area contributed by atoms with Crippen LogP contribution >= 0.6 is 0 Å². The molecule has 1 N–H and O–H groups in total. The van der Waals surface area contributed by atoms with E-state index in [4.69, 9.17) is 0 Å². The Labute approximate surface area is 165 Å². The number of hydrogen-bond acceptors (Lipinski definition) is 6. The standard InChI is InChI=1S/C21H13NO6S/c23-19-15-6-1-2-7-16(15)20(24)18-11-14(8-9-17(18)19)29(27,28)22-13-5-3-4-12(10-13)21(25)26/h1-11,22H,(H,25,26)/p-1. The van der Waals surface area contributed by atoms with Crippen molar-refractivity contribution in [1.82, 2.24) is 0 Å². The zero-order valence-electron chi connectivity index (χ0n) is 14.7. The molecule has 0 bridgehead atoms.